The van der Waals surface area contributed by atoms with E-state index in [-0.39, 0.29) is 12.1 Å². The van der Waals surface area contributed by atoms with Crippen molar-refractivity contribution in [2.24, 2.45) is 0 Å². The van der Waals surface area contributed by atoms with Crippen molar-refractivity contribution >= 4 is 23.2 Å². The largest absolute Gasteiger partial charge is 0.491 e. The maximum Gasteiger partial charge on any atom is 0.225 e. The smallest absolute Gasteiger partial charge is 0.225 e. The first-order valence-corrected chi connectivity index (χ1v) is 10.8. The van der Waals surface area contributed by atoms with Crippen molar-refractivity contribution in [1.29, 1.82) is 0 Å². The second-order valence-electron chi connectivity index (χ2n) is 7.58. The van der Waals surface area contributed by atoms with E-state index in [4.69, 9.17) is 37.4 Å². The van der Waals surface area contributed by atoms with Gasteiger partial charge in [-0.15, -0.1) is 0 Å². The van der Waals surface area contributed by atoms with Crippen LogP contribution in [0, 0.1) is 0 Å². The average molecular weight is 470 g/mol. The highest BCUT2D eigenvalue weighted by Crippen LogP contribution is 2.54. The van der Waals surface area contributed by atoms with Gasteiger partial charge in [0.25, 0.3) is 0 Å². The number of hydrogen-bond donors (Lipinski definition) is 0. The van der Waals surface area contributed by atoms with Gasteiger partial charge in [0.15, 0.2) is 6.04 Å². The van der Waals surface area contributed by atoms with E-state index in [1.807, 2.05) is 41.1 Å². The predicted molar refractivity (Wildman–Crippen MR) is 116 cm³/mol. The number of rotatable bonds is 6. The molecule has 10 heteroatoms. The monoisotopic (exact) mass is 469 g/mol. The Morgan fingerprint density at radius 3 is 2.75 bits per heavy atom. The zero-order valence-corrected chi connectivity index (χ0v) is 18.1. The van der Waals surface area contributed by atoms with E-state index in [0.717, 1.165) is 22.8 Å². The molecule has 2 aromatic carbocycles. The van der Waals surface area contributed by atoms with Gasteiger partial charge in [0, 0.05) is 23.0 Å². The van der Waals surface area contributed by atoms with Crippen molar-refractivity contribution in [2.75, 3.05) is 13.2 Å². The minimum atomic E-state index is -1.07. The van der Waals surface area contributed by atoms with E-state index in [2.05, 4.69) is 15.1 Å². The Morgan fingerprint density at radius 1 is 1.16 bits per heavy atom. The highest BCUT2D eigenvalue weighted by atomic mass is 35.5. The van der Waals surface area contributed by atoms with E-state index >= 15 is 0 Å². The Kier molecular flexibility index (Phi) is 4.69. The lowest BCUT2D eigenvalue weighted by atomic mass is 10.0. The molecule has 0 amide bonds. The third-order valence-electron chi connectivity index (χ3n) is 5.60. The maximum absolute atomic E-state index is 6.54. The molecule has 0 radical (unpaired) electrons. The number of hydrogen-bond acceptors (Lipinski definition) is 6. The summed E-state index contributed by atoms with van der Waals surface area (Å²) in [7, 11) is 0. The van der Waals surface area contributed by atoms with Gasteiger partial charge in [0.2, 0.25) is 5.79 Å². The zero-order chi connectivity index (χ0) is 21.7. The van der Waals surface area contributed by atoms with E-state index in [0.29, 0.717) is 23.3 Å². The van der Waals surface area contributed by atoms with Crippen molar-refractivity contribution in [3.8, 4) is 11.4 Å². The molecular formula is C22H17Cl2N5O3. The third-order valence-corrected chi connectivity index (χ3v) is 6.15. The lowest BCUT2D eigenvalue weighted by Crippen LogP contribution is -2.33. The highest BCUT2D eigenvalue weighted by molar-refractivity contribution is 6.35. The van der Waals surface area contributed by atoms with Crippen LogP contribution in [-0.4, -0.2) is 43.6 Å². The standard InChI is InChI=1S/C22H17Cl2N5O3/c23-14-1-6-18(19(24)9-14)22(20-21-26-7-8-28(20)21)31-11-17(32-22)10-30-16-4-2-15(3-5-16)29-13-25-12-27-29/h1-9,12-13,17,20H,10-11H2/t17-,20+,22-,28?/m0/s1. The molecule has 1 saturated heterocycles. The first kappa shape index (κ1) is 19.8. The Hall–Kier alpha value is -2.91. The van der Waals surface area contributed by atoms with Crippen LogP contribution in [0.5, 0.6) is 5.75 Å². The van der Waals surface area contributed by atoms with Crippen LogP contribution < -0.4 is 4.74 Å². The van der Waals surface area contributed by atoms with Gasteiger partial charge in [0.05, 0.1) is 17.3 Å². The molecule has 4 aromatic rings. The Bertz CT molecular complexity index is 1240. The Morgan fingerprint density at radius 2 is 2.03 bits per heavy atom. The molecule has 0 aliphatic carbocycles. The first-order valence-electron chi connectivity index (χ1n) is 10.0. The molecule has 4 heterocycles. The maximum atomic E-state index is 6.54. The molecule has 2 aromatic heterocycles. The van der Waals surface area contributed by atoms with Crippen LogP contribution in [0.15, 0.2) is 67.5 Å². The number of fused-ring (bicyclic) bond motifs is 1. The van der Waals surface area contributed by atoms with Gasteiger partial charge in [0.1, 0.15) is 36.9 Å². The topological polar surface area (TPSA) is 76.2 Å². The SMILES string of the molecule is Clc1ccc([C@]2([C@H]3c4nccn43)OC[C@H](COc3ccc(-n4cncn4)cc3)O2)c(Cl)c1. The van der Waals surface area contributed by atoms with Gasteiger partial charge in [-0.3, -0.25) is 0 Å². The fourth-order valence-electron chi connectivity index (χ4n) is 4.08. The van der Waals surface area contributed by atoms with Crippen LogP contribution in [0.2, 0.25) is 10.0 Å². The summed E-state index contributed by atoms with van der Waals surface area (Å²) in [5.74, 6) is 0.538. The summed E-state index contributed by atoms with van der Waals surface area (Å²) in [5.41, 5.74) is 1.62. The number of ether oxygens (including phenoxy) is 3. The van der Waals surface area contributed by atoms with Crippen LogP contribution in [0.1, 0.15) is 17.4 Å². The molecule has 1 fully saturated rings. The molecule has 3 atom stereocenters. The molecule has 0 N–H and O–H groups in total. The lowest BCUT2D eigenvalue weighted by Gasteiger charge is -2.29. The highest BCUT2D eigenvalue weighted by Gasteiger charge is 2.60. The molecule has 6 rings (SSSR count). The summed E-state index contributed by atoms with van der Waals surface area (Å²) in [6.07, 6.45) is 6.50. The van der Waals surface area contributed by atoms with Crippen molar-refractivity contribution < 1.29 is 14.2 Å². The molecule has 2 aliphatic rings. The van der Waals surface area contributed by atoms with Crippen LogP contribution >= 0.6 is 23.2 Å². The molecule has 162 valence electrons. The summed E-state index contributed by atoms with van der Waals surface area (Å²) >= 11 is 12.7. The Balaban J connectivity index is 1.19. The molecule has 0 unspecified atom stereocenters. The Labute approximate surface area is 193 Å². The second-order valence-corrected chi connectivity index (χ2v) is 8.43. The number of nitrogens with zero attached hydrogens (tertiary/aromatic N) is 5. The van der Waals surface area contributed by atoms with Crippen molar-refractivity contribution in [2.45, 2.75) is 17.9 Å². The van der Waals surface area contributed by atoms with E-state index in [1.54, 1.807) is 29.3 Å². The summed E-state index contributed by atoms with van der Waals surface area (Å²) in [6, 6.07) is 12.7. The minimum Gasteiger partial charge on any atom is -0.491 e. The van der Waals surface area contributed by atoms with Crippen molar-refractivity contribution in [3.05, 3.63) is 88.9 Å². The summed E-state index contributed by atoms with van der Waals surface area (Å²) in [4.78, 5) is 8.35. The molecular weight excluding hydrogens is 453 g/mol. The fourth-order valence-corrected chi connectivity index (χ4v) is 4.62. The number of imidazole rings is 1. The quantitative estimate of drug-likeness (QED) is 0.424. The van der Waals surface area contributed by atoms with Gasteiger partial charge >= 0.3 is 0 Å². The summed E-state index contributed by atoms with van der Waals surface area (Å²) in [5, 5.41) is 5.15. The van der Waals surface area contributed by atoms with Gasteiger partial charge in [-0.1, -0.05) is 29.3 Å². The van der Waals surface area contributed by atoms with E-state index in [1.165, 1.54) is 6.33 Å². The van der Waals surface area contributed by atoms with Gasteiger partial charge in [-0.25, -0.2) is 14.6 Å². The lowest BCUT2D eigenvalue weighted by molar-refractivity contribution is -0.188. The van der Waals surface area contributed by atoms with Crippen LogP contribution in [0.3, 0.4) is 0 Å². The number of aromatic nitrogens is 5. The fraction of sp³-hybridized carbons (Fsp3) is 0.227. The number of halogens is 2. The minimum absolute atomic E-state index is 0.168. The molecule has 0 spiro atoms. The zero-order valence-electron chi connectivity index (χ0n) is 16.6. The molecule has 0 bridgehead atoms. The average Bonchev–Trinajstić information content (AvgIpc) is 3.31. The van der Waals surface area contributed by atoms with Crippen LogP contribution in [0.25, 0.3) is 5.69 Å². The second kappa shape index (κ2) is 7.60. The number of benzene rings is 2. The van der Waals surface area contributed by atoms with Gasteiger partial charge < -0.3 is 18.8 Å². The first-order chi connectivity index (χ1) is 15.6. The van der Waals surface area contributed by atoms with Crippen molar-refractivity contribution in [1.82, 2.24) is 24.3 Å². The predicted octanol–water partition coefficient (Wildman–Crippen LogP) is 4.02. The summed E-state index contributed by atoms with van der Waals surface area (Å²) < 4.78 is 22.4. The molecule has 8 nitrogen and oxygen atoms in total. The molecule has 32 heavy (non-hydrogen) atoms. The van der Waals surface area contributed by atoms with Gasteiger partial charge in [-0.05, 0) is 36.4 Å². The third kappa shape index (κ3) is 3.27. The van der Waals surface area contributed by atoms with Crippen LogP contribution in [0.4, 0.5) is 0 Å². The van der Waals surface area contributed by atoms with Gasteiger partial charge in [-0.2, -0.15) is 5.10 Å². The van der Waals surface area contributed by atoms with Crippen LogP contribution in [-0.2, 0) is 15.3 Å². The molecule has 2 aliphatic heterocycles. The normalized spacial score (nSPS) is 23.8. The van der Waals surface area contributed by atoms with E-state index in [9.17, 15) is 0 Å². The summed E-state index contributed by atoms with van der Waals surface area (Å²) in [6.45, 7) is 0.683. The van der Waals surface area contributed by atoms with E-state index < -0.39 is 5.79 Å². The molecule has 0 saturated carbocycles. The van der Waals surface area contributed by atoms with Crippen molar-refractivity contribution in [3.63, 3.8) is 0 Å².